The number of nitrogens with zero attached hydrogens (tertiary/aromatic N) is 1. The molecule has 8 nitrogen and oxygen atoms in total. The fourth-order valence-corrected chi connectivity index (χ4v) is 2.71. The van der Waals surface area contributed by atoms with Gasteiger partial charge in [0, 0.05) is 22.2 Å². The quantitative estimate of drug-likeness (QED) is 0.148. The van der Waals surface area contributed by atoms with Gasteiger partial charge in [-0.25, -0.2) is 18.7 Å². The minimum atomic E-state index is -1.45. The second kappa shape index (κ2) is 12.4. The number of aliphatic hydroxyl groups excluding tert-OH is 2. The third kappa shape index (κ3) is 7.05. The number of benzene rings is 2. The highest BCUT2D eigenvalue weighted by atomic mass is 127. The van der Waals surface area contributed by atoms with E-state index in [1.165, 1.54) is 18.2 Å². The van der Waals surface area contributed by atoms with Crippen molar-refractivity contribution in [2.24, 2.45) is 5.16 Å². The summed E-state index contributed by atoms with van der Waals surface area (Å²) in [5.41, 5.74) is 0.350. The molecule has 0 saturated carbocycles. The maximum absolute atomic E-state index is 14.8. The number of rotatable bonds is 11. The maximum atomic E-state index is 14.8. The Morgan fingerprint density at radius 3 is 2.58 bits per heavy atom. The summed E-state index contributed by atoms with van der Waals surface area (Å²) in [5, 5.41) is 23.3. The number of nitrogens with one attached hydrogen (secondary N) is 2. The largest absolute Gasteiger partial charge is 0.396 e. The van der Waals surface area contributed by atoms with Crippen LogP contribution in [0.15, 0.2) is 29.4 Å². The maximum Gasteiger partial charge on any atom is 0.277 e. The Morgan fingerprint density at radius 1 is 1.13 bits per heavy atom. The van der Waals surface area contributed by atoms with Crippen LogP contribution in [0.2, 0.25) is 0 Å². The van der Waals surface area contributed by atoms with Crippen LogP contribution in [0.1, 0.15) is 22.3 Å². The van der Waals surface area contributed by atoms with Gasteiger partial charge in [0.25, 0.3) is 5.91 Å². The second-order valence-corrected chi connectivity index (χ2v) is 7.16. The van der Waals surface area contributed by atoms with Gasteiger partial charge >= 0.3 is 0 Å². The molecule has 0 fully saturated rings. The standard InChI is InChI=1S/C19H19F3IN3O5/c20-14-9-12(23)2-3-15(14)25-18-13(19(29)26-31-7-5-28)8-11(16(21)17(18)22)10-24-30-6-1-4-27/h2-3,8-10,25,27-28H,1,4-7H2,(H,26,29). The minimum absolute atomic E-state index is 0.0468. The number of aliphatic hydroxyl groups is 2. The number of amides is 1. The van der Waals surface area contributed by atoms with Crippen LogP contribution >= 0.6 is 22.6 Å². The number of carbonyl (C=O) groups excluding carboxylic acids is 1. The third-order valence-corrected chi connectivity index (χ3v) is 4.36. The molecule has 31 heavy (non-hydrogen) atoms. The van der Waals surface area contributed by atoms with E-state index in [1.54, 1.807) is 0 Å². The summed E-state index contributed by atoms with van der Waals surface area (Å²) in [7, 11) is 0. The Bertz CT molecular complexity index is 946. The molecule has 2 aromatic rings. The van der Waals surface area contributed by atoms with Gasteiger partial charge < -0.3 is 20.4 Å². The smallest absolute Gasteiger partial charge is 0.277 e. The average Bonchev–Trinajstić information content (AvgIpc) is 2.74. The van der Waals surface area contributed by atoms with Crippen molar-refractivity contribution >= 4 is 46.1 Å². The SMILES string of the molecule is O=C(NOCCO)c1cc(C=NOCCCO)c(F)c(F)c1Nc1ccc(I)cc1F. The molecule has 0 saturated heterocycles. The molecule has 0 radical (unpaired) electrons. The van der Waals surface area contributed by atoms with Crippen LogP contribution in [-0.4, -0.2) is 48.8 Å². The van der Waals surface area contributed by atoms with Gasteiger partial charge in [-0.3, -0.25) is 9.63 Å². The summed E-state index contributed by atoms with van der Waals surface area (Å²) < 4.78 is 44.2. The highest BCUT2D eigenvalue weighted by Gasteiger charge is 2.23. The van der Waals surface area contributed by atoms with Gasteiger partial charge in [0.05, 0.1) is 36.4 Å². The molecule has 0 aliphatic rings. The van der Waals surface area contributed by atoms with Gasteiger partial charge in [-0.2, -0.15) is 0 Å². The Balaban J connectivity index is 2.43. The average molecular weight is 553 g/mol. The van der Waals surface area contributed by atoms with Gasteiger partial charge in [-0.05, 0) is 46.9 Å². The lowest BCUT2D eigenvalue weighted by atomic mass is 10.1. The highest BCUT2D eigenvalue weighted by Crippen LogP contribution is 2.30. The number of hydrogen-bond donors (Lipinski definition) is 4. The molecule has 12 heteroatoms. The van der Waals surface area contributed by atoms with Crippen molar-refractivity contribution in [3.63, 3.8) is 0 Å². The topological polar surface area (TPSA) is 112 Å². The van der Waals surface area contributed by atoms with Gasteiger partial charge in [0.1, 0.15) is 12.4 Å². The number of hydrogen-bond acceptors (Lipinski definition) is 7. The summed E-state index contributed by atoms with van der Waals surface area (Å²) in [6.45, 7) is -0.714. The number of anilines is 2. The molecule has 2 aromatic carbocycles. The first-order valence-electron chi connectivity index (χ1n) is 8.92. The first kappa shape index (κ1) is 24.8. The number of carbonyl (C=O) groups is 1. The van der Waals surface area contributed by atoms with Crippen LogP contribution in [0.5, 0.6) is 0 Å². The molecular formula is C19H19F3IN3O5. The van der Waals surface area contributed by atoms with Gasteiger partial charge in [-0.1, -0.05) is 5.16 Å². The third-order valence-electron chi connectivity index (χ3n) is 3.69. The van der Waals surface area contributed by atoms with E-state index in [0.29, 0.717) is 3.57 Å². The monoisotopic (exact) mass is 553 g/mol. The zero-order chi connectivity index (χ0) is 22.8. The van der Waals surface area contributed by atoms with E-state index in [2.05, 4.69) is 10.5 Å². The first-order valence-corrected chi connectivity index (χ1v) is 10.00. The highest BCUT2D eigenvalue weighted by molar-refractivity contribution is 14.1. The molecular weight excluding hydrogens is 534 g/mol. The Hall–Kier alpha value is -2.42. The molecule has 0 aromatic heterocycles. The predicted octanol–water partition coefficient (Wildman–Crippen LogP) is 2.84. The second-order valence-electron chi connectivity index (χ2n) is 5.91. The van der Waals surface area contributed by atoms with Gasteiger partial charge in [0.15, 0.2) is 11.6 Å². The zero-order valence-corrected chi connectivity index (χ0v) is 18.2. The molecule has 0 aliphatic carbocycles. The van der Waals surface area contributed by atoms with Crippen molar-refractivity contribution in [2.45, 2.75) is 6.42 Å². The molecule has 0 unspecified atom stereocenters. The summed E-state index contributed by atoms with van der Waals surface area (Å²) in [5.74, 6) is -4.52. The van der Waals surface area contributed by atoms with E-state index in [4.69, 9.17) is 19.9 Å². The molecule has 1 amide bonds. The molecule has 4 N–H and O–H groups in total. The summed E-state index contributed by atoms with van der Waals surface area (Å²) in [6, 6.07) is 4.99. The molecule has 0 atom stereocenters. The van der Waals surface area contributed by atoms with E-state index in [-0.39, 0.29) is 38.5 Å². The van der Waals surface area contributed by atoms with E-state index in [1.807, 2.05) is 28.1 Å². The van der Waals surface area contributed by atoms with Crippen molar-refractivity contribution in [3.8, 4) is 0 Å². The van der Waals surface area contributed by atoms with Crippen LogP contribution in [0.25, 0.3) is 0 Å². The van der Waals surface area contributed by atoms with Gasteiger partial charge in [0.2, 0.25) is 0 Å². The predicted molar refractivity (Wildman–Crippen MR) is 115 cm³/mol. The molecule has 0 bridgehead atoms. The minimum Gasteiger partial charge on any atom is -0.396 e. The van der Waals surface area contributed by atoms with E-state index in [0.717, 1.165) is 12.3 Å². The normalized spacial score (nSPS) is 11.0. The van der Waals surface area contributed by atoms with Crippen molar-refractivity contribution in [1.29, 1.82) is 0 Å². The lowest BCUT2D eigenvalue weighted by molar-refractivity contribution is 0.0168. The number of hydroxylamine groups is 1. The van der Waals surface area contributed by atoms with Crippen LogP contribution in [0.3, 0.4) is 0 Å². The lowest BCUT2D eigenvalue weighted by Crippen LogP contribution is -2.26. The van der Waals surface area contributed by atoms with Crippen LogP contribution in [0, 0.1) is 21.0 Å². The zero-order valence-electron chi connectivity index (χ0n) is 16.0. The van der Waals surface area contributed by atoms with E-state index < -0.39 is 40.2 Å². The fourth-order valence-electron chi connectivity index (χ4n) is 2.26. The fraction of sp³-hybridized carbons (Fsp3) is 0.263. The van der Waals surface area contributed by atoms with Gasteiger partial charge in [-0.15, -0.1) is 0 Å². The van der Waals surface area contributed by atoms with Crippen molar-refractivity contribution in [1.82, 2.24) is 5.48 Å². The summed E-state index contributed by atoms with van der Waals surface area (Å²) in [6.07, 6.45) is 1.14. The van der Waals surface area contributed by atoms with Crippen LogP contribution in [0.4, 0.5) is 24.5 Å². The summed E-state index contributed by atoms with van der Waals surface area (Å²) in [4.78, 5) is 22.0. The van der Waals surface area contributed by atoms with Crippen molar-refractivity contribution < 1.29 is 37.9 Å². The molecule has 0 heterocycles. The van der Waals surface area contributed by atoms with Crippen molar-refractivity contribution in [2.75, 3.05) is 31.7 Å². The Labute approximate surface area is 189 Å². The molecule has 2 rings (SSSR count). The van der Waals surface area contributed by atoms with Crippen molar-refractivity contribution in [3.05, 3.63) is 56.4 Å². The first-order chi connectivity index (χ1) is 14.9. The van der Waals surface area contributed by atoms with E-state index >= 15 is 0 Å². The molecule has 0 spiro atoms. The van der Waals surface area contributed by atoms with E-state index in [9.17, 15) is 18.0 Å². The number of oxime groups is 1. The lowest BCUT2D eigenvalue weighted by Gasteiger charge is -2.15. The summed E-state index contributed by atoms with van der Waals surface area (Å²) >= 11 is 1.88. The molecule has 168 valence electrons. The molecule has 0 aliphatic heterocycles. The van der Waals surface area contributed by atoms with Crippen LogP contribution < -0.4 is 10.8 Å². The Kier molecular flexibility index (Phi) is 9.97. The van der Waals surface area contributed by atoms with Crippen LogP contribution in [-0.2, 0) is 9.68 Å². The Morgan fingerprint density at radius 2 is 1.90 bits per heavy atom. The number of halogens is 4.